The summed E-state index contributed by atoms with van der Waals surface area (Å²) < 4.78 is 27.1. The number of carbonyl (C=O) groups is 2. The number of hydrogen-bond donors (Lipinski definition) is 2. The molecule has 3 rings (SSSR count). The standard InChI is InChI=1S/C20H22ClN3O4S/c21-16-11-9-15(10-12-16)14-19(25)22-23-20(26)18-8-4-5-13-24(18)29(27,28)17-6-2-1-3-7-17/h1-3,6-7,9-12,18H,4-5,8,13-14H2,(H,22,25)(H,23,26). The van der Waals surface area contributed by atoms with Crippen LogP contribution in [0.5, 0.6) is 0 Å². The van der Waals surface area contributed by atoms with Crippen molar-refractivity contribution < 1.29 is 18.0 Å². The number of rotatable bonds is 5. The lowest BCUT2D eigenvalue weighted by Crippen LogP contribution is -2.55. The Balaban J connectivity index is 1.63. The summed E-state index contributed by atoms with van der Waals surface area (Å²) >= 11 is 5.82. The number of nitrogens with zero attached hydrogens (tertiary/aromatic N) is 1. The number of nitrogens with one attached hydrogen (secondary N) is 2. The molecule has 0 spiro atoms. The molecule has 2 amide bonds. The van der Waals surface area contributed by atoms with E-state index in [0.29, 0.717) is 17.9 Å². The van der Waals surface area contributed by atoms with Crippen molar-refractivity contribution in [1.29, 1.82) is 0 Å². The van der Waals surface area contributed by atoms with Crippen molar-refractivity contribution in [2.45, 2.75) is 36.6 Å². The second kappa shape index (κ2) is 9.39. The molecule has 2 aromatic carbocycles. The zero-order chi connectivity index (χ0) is 20.9. The predicted octanol–water partition coefficient (Wildman–Crippen LogP) is 2.27. The van der Waals surface area contributed by atoms with Gasteiger partial charge in [0.2, 0.25) is 15.9 Å². The maximum Gasteiger partial charge on any atom is 0.256 e. The maximum atomic E-state index is 13.0. The van der Waals surface area contributed by atoms with Crippen LogP contribution in [0, 0.1) is 0 Å². The Kier molecular flexibility index (Phi) is 6.89. The van der Waals surface area contributed by atoms with Crippen molar-refractivity contribution in [3.8, 4) is 0 Å². The molecule has 9 heteroatoms. The summed E-state index contributed by atoms with van der Waals surface area (Å²) in [4.78, 5) is 24.9. The molecular formula is C20H22ClN3O4S. The minimum absolute atomic E-state index is 0.0636. The van der Waals surface area contributed by atoms with Gasteiger partial charge in [0, 0.05) is 11.6 Å². The number of sulfonamides is 1. The molecule has 1 aliphatic heterocycles. The molecular weight excluding hydrogens is 414 g/mol. The van der Waals surface area contributed by atoms with Gasteiger partial charge in [0.15, 0.2) is 0 Å². The Labute approximate surface area is 175 Å². The van der Waals surface area contributed by atoms with Gasteiger partial charge in [-0.25, -0.2) is 8.42 Å². The van der Waals surface area contributed by atoms with E-state index in [2.05, 4.69) is 10.9 Å². The monoisotopic (exact) mass is 435 g/mol. The molecule has 1 saturated heterocycles. The van der Waals surface area contributed by atoms with Crippen LogP contribution in [-0.2, 0) is 26.0 Å². The van der Waals surface area contributed by atoms with Crippen LogP contribution >= 0.6 is 11.6 Å². The van der Waals surface area contributed by atoms with Crippen LogP contribution in [0.1, 0.15) is 24.8 Å². The highest BCUT2D eigenvalue weighted by atomic mass is 35.5. The number of amides is 2. The highest BCUT2D eigenvalue weighted by Crippen LogP contribution is 2.25. The molecule has 154 valence electrons. The van der Waals surface area contributed by atoms with Gasteiger partial charge >= 0.3 is 0 Å². The molecule has 1 unspecified atom stereocenters. The highest BCUT2D eigenvalue weighted by Gasteiger charge is 2.37. The Morgan fingerprint density at radius 1 is 1.00 bits per heavy atom. The van der Waals surface area contributed by atoms with Gasteiger partial charge in [-0.05, 0) is 42.7 Å². The van der Waals surface area contributed by atoms with Gasteiger partial charge in [-0.2, -0.15) is 4.31 Å². The smallest absolute Gasteiger partial charge is 0.256 e. The van der Waals surface area contributed by atoms with Gasteiger partial charge in [0.05, 0.1) is 11.3 Å². The van der Waals surface area contributed by atoms with E-state index in [4.69, 9.17) is 11.6 Å². The number of carbonyl (C=O) groups excluding carboxylic acids is 2. The molecule has 7 nitrogen and oxygen atoms in total. The molecule has 1 heterocycles. The first kappa shape index (κ1) is 21.3. The Morgan fingerprint density at radius 3 is 2.38 bits per heavy atom. The number of benzene rings is 2. The van der Waals surface area contributed by atoms with E-state index in [1.54, 1.807) is 42.5 Å². The van der Waals surface area contributed by atoms with Crippen LogP contribution in [0.4, 0.5) is 0 Å². The SMILES string of the molecule is O=C(Cc1ccc(Cl)cc1)NNC(=O)C1CCCCN1S(=O)(=O)c1ccccc1. The molecule has 2 aromatic rings. The van der Waals surface area contributed by atoms with Crippen LogP contribution in [-0.4, -0.2) is 37.1 Å². The van der Waals surface area contributed by atoms with Crippen molar-refractivity contribution >= 4 is 33.4 Å². The number of hydrogen-bond acceptors (Lipinski definition) is 4. The zero-order valence-corrected chi connectivity index (χ0v) is 17.2. The van der Waals surface area contributed by atoms with Crippen LogP contribution in [0.15, 0.2) is 59.5 Å². The summed E-state index contributed by atoms with van der Waals surface area (Å²) in [5.74, 6) is -0.956. The summed E-state index contributed by atoms with van der Waals surface area (Å²) in [7, 11) is -3.80. The lowest BCUT2D eigenvalue weighted by atomic mass is 10.0. The Hall–Kier alpha value is -2.42. The van der Waals surface area contributed by atoms with Crippen LogP contribution in [0.25, 0.3) is 0 Å². The molecule has 0 saturated carbocycles. The molecule has 0 radical (unpaired) electrons. The van der Waals surface area contributed by atoms with E-state index in [9.17, 15) is 18.0 Å². The molecule has 1 atom stereocenters. The normalized spacial score (nSPS) is 17.5. The fraction of sp³-hybridized carbons (Fsp3) is 0.300. The molecule has 0 aromatic heterocycles. The first-order valence-corrected chi connectivity index (χ1v) is 11.1. The summed E-state index contributed by atoms with van der Waals surface area (Å²) in [6, 6.07) is 14.0. The topological polar surface area (TPSA) is 95.6 Å². The minimum atomic E-state index is -3.80. The van der Waals surface area contributed by atoms with Crippen molar-refractivity contribution in [3.05, 3.63) is 65.2 Å². The third-order valence-electron chi connectivity index (χ3n) is 4.71. The fourth-order valence-electron chi connectivity index (χ4n) is 3.23. The third-order valence-corrected chi connectivity index (χ3v) is 6.88. The highest BCUT2D eigenvalue weighted by molar-refractivity contribution is 7.89. The largest absolute Gasteiger partial charge is 0.273 e. The van der Waals surface area contributed by atoms with Crippen molar-refractivity contribution in [2.75, 3.05) is 6.54 Å². The second-order valence-electron chi connectivity index (χ2n) is 6.78. The van der Waals surface area contributed by atoms with E-state index in [-0.39, 0.29) is 17.9 Å². The quantitative estimate of drug-likeness (QED) is 0.704. The predicted molar refractivity (Wildman–Crippen MR) is 109 cm³/mol. The van der Waals surface area contributed by atoms with Crippen molar-refractivity contribution in [1.82, 2.24) is 15.2 Å². The molecule has 0 aliphatic carbocycles. The second-order valence-corrected chi connectivity index (χ2v) is 9.11. The van der Waals surface area contributed by atoms with Crippen LogP contribution in [0.2, 0.25) is 5.02 Å². The van der Waals surface area contributed by atoms with Gasteiger partial charge in [-0.3, -0.25) is 20.4 Å². The van der Waals surface area contributed by atoms with Gasteiger partial charge in [-0.1, -0.05) is 48.4 Å². The Bertz CT molecular complexity index is 965. The van der Waals surface area contributed by atoms with Crippen molar-refractivity contribution in [2.24, 2.45) is 0 Å². The summed E-state index contributed by atoms with van der Waals surface area (Å²) in [5, 5.41) is 0.569. The zero-order valence-electron chi connectivity index (χ0n) is 15.7. The molecule has 1 fully saturated rings. The summed E-state index contributed by atoms with van der Waals surface area (Å²) in [6.07, 6.45) is 1.87. The van der Waals surface area contributed by atoms with Gasteiger partial charge in [-0.15, -0.1) is 0 Å². The first-order valence-electron chi connectivity index (χ1n) is 9.28. The van der Waals surface area contributed by atoms with E-state index >= 15 is 0 Å². The third kappa shape index (κ3) is 5.35. The molecule has 1 aliphatic rings. The van der Waals surface area contributed by atoms with E-state index in [1.165, 1.54) is 16.4 Å². The van der Waals surface area contributed by atoms with E-state index in [1.807, 2.05) is 0 Å². The lowest BCUT2D eigenvalue weighted by molar-refractivity contribution is -0.131. The average Bonchev–Trinajstić information content (AvgIpc) is 2.74. The number of hydrazine groups is 1. The van der Waals surface area contributed by atoms with E-state index in [0.717, 1.165) is 12.0 Å². The lowest BCUT2D eigenvalue weighted by Gasteiger charge is -2.33. The van der Waals surface area contributed by atoms with Gasteiger partial charge in [0.25, 0.3) is 5.91 Å². The maximum absolute atomic E-state index is 13.0. The van der Waals surface area contributed by atoms with Gasteiger partial charge < -0.3 is 0 Å². The molecule has 0 bridgehead atoms. The molecule has 29 heavy (non-hydrogen) atoms. The Morgan fingerprint density at radius 2 is 1.69 bits per heavy atom. The van der Waals surface area contributed by atoms with E-state index < -0.39 is 27.9 Å². The van der Waals surface area contributed by atoms with Crippen LogP contribution in [0.3, 0.4) is 0 Å². The van der Waals surface area contributed by atoms with Crippen molar-refractivity contribution in [3.63, 3.8) is 0 Å². The minimum Gasteiger partial charge on any atom is -0.273 e. The summed E-state index contributed by atoms with van der Waals surface area (Å²) in [5.41, 5.74) is 5.47. The molecule has 2 N–H and O–H groups in total. The number of halogens is 1. The number of piperidine rings is 1. The van der Waals surface area contributed by atoms with Gasteiger partial charge in [0.1, 0.15) is 6.04 Å². The van der Waals surface area contributed by atoms with Crippen LogP contribution < -0.4 is 10.9 Å². The summed E-state index contributed by atoms with van der Waals surface area (Å²) in [6.45, 7) is 0.258. The fourth-order valence-corrected chi connectivity index (χ4v) is 5.03. The average molecular weight is 436 g/mol. The first-order chi connectivity index (χ1) is 13.9.